The number of rotatable bonds is 5. The number of hydrogen-bond acceptors (Lipinski definition) is 9. The van der Waals surface area contributed by atoms with Crippen molar-refractivity contribution in [2.75, 3.05) is 32.6 Å². The summed E-state index contributed by atoms with van der Waals surface area (Å²) in [5.74, 6) is 0.0591. The highest BCUT2D eigenvalue weighted by Crippen LogP contribution is 2.18. The number of alkyl halides is 2. The quantitative estimate of drug-likeness (QED) is 0.0544. The summed E-state index contributed by atoms with van der Waals surface area (Å²) < 4.78 is 9.73. The van der Waals surface area contributed by atoms with E-state index in [-0.39, 0.29) is 64.4 Å². The molecule has 284 valence electrons. The first-order valence-electron chi connectivity index (χ1n) is 14.6. The van der Waals surface area contributed by atoms with Crippen molar-refractivity contribution >= 4 is 92.2 Å². The van der Waals surface area contributed by atoms with Crippen LogP contribution in [0.15, 0.2) is 72.8 Å². The Balaban J connectivity index is -0.000000579. The Morgan fingerprint density at radius 3 is 1.73 bits per heavy atom. The number of ether oxygens (including phenoxy) is 2. The third-order valence-electron chi connectivity index (χ3n) is 5.96. The van der Waals surface area contributed by atoms with Crippen LogP contribution in [-0.2, 0) is 28.4 Å². The fraction of sp³-hybridized carbons (Fsp3) is 0.324. The van der Waals surface area contributed by atoms with E-state index >= 15 is 0 Å². The number of carbonyl (C=O) groups is 3. The summed E-state index contributed by atoms with van der Waals surface area (Å²) in [5.41, 5.74) is 18.9. The van der Waals surface area contributed by atoms with Gasteiger partial charge in [-0.1, -0.05) is 73.8 Å². The van der Waals surface area contributed by atoms with E-state index in [1.165, 1.54) is 24.6 Å². The lowest BCUT2D eigenvalue weighted by Crippen LogP contribution is -2.19. The zero-order valence-electron chi connectivity index (χ0n) is 27.8. The molecule has 5 rings (SSSR count). The van der Waals surface area contributed by atoms with Crippen molar-refractivity contribution in [2.24, 2.45) is 17.2 Å². The summed E-state index contributed by atoms with van der Waals surface area (Å²) >= 11 is 14.8. The van der Waals surface area contributed by atoms with Crippen molar-refractivity contribution in [3.8, 4) is 0 Å². The van der Waals surface area contributed by atoms with E-state index < -0.39 is 0 Å². The molecule has 0 radical (unpaired) electrons. The first-order valence-corrected chi connectivity index (χ1v) is 17.1. The number of hydrogen-bond donors (Lipinski definition) is 7. The second-order valence-electron chi connectivity index (χ2n) is 9.34. The van der Waals surface area contributed by atoms with Crippen LogP contribution in [0.4, 0.5) is 0 Å². The Morgan fingerprint density at radius 1 is 0.882 bits per heavy atom. The third-order valence-corrected chi connectivity index (χ3v) is 6.72. The molecule has 0 atom stereocenters. The van der Waals surface area contributed by atoms with Crippen LogP contribution >= 0.6 is 64.2 Å². The van der Waals surface area contributed by atoms with E-state index in [1.807, 2.05) is 36.4 Å². The smallest absolute Gasteiger partial charge is 0.338 e. The molecule has 2 heterocycles. The van der Waals surface area contributed by atoms with Gasteiger partial charge in [-0.2, -0.15) is 0 Å². The minimum absolute atomic E-state index is 0. The maximum atomic E-state index is 11.5. The summed E-state index contributed by atoms with van der Waals surface area (Å²) in [6.07, 6.45) is 2.56. The number of thiocarbonyl (C=S) groups is 1. The second kappa shape index (κ2) is 32.5. The topological polar surface area (TPSA) is 216 Å². The van der Waals surface area contributed by atoms with E-state index in [0.717, 1.165) is 24.3 Å². The van der Waals surface area contributed by atoms with Gasteiger partial charge in [0.15, 0.2) is 10.3 Å². The normalized spacial score (nSPS) is 11.1. The molecule has 2 aliphatic rings. The van der Waals surface area contributed by atoms with Crippen LogP contribution in [0.3, 0.4) is 0 Å². The largest absolute Gasteiger partial charge is 0.457 e. The molecule has 51 heavy (non-hydrogen) atoms. The molecule has 0 unspecified atom stereocenters. The first-order chi connectivity index (χ1) is 23.5. The lowest BCUT2D eigenvalue weighted by atomic mass is 10.1. The summed E-state index contributed by atoms with van der Waals surface area (Å²) in [7, 11) is 3.16. The van der Waals surface area contributed by atoms with Crippen LogP contribution in [0.1, 0.15) is 68.0 Å². The van der Waals surface area contributed by atoms with Gasteiger partial charge in [0.1, 0.15) is 6.61 Å². The van der Waals surface area contributed by atoms with Gasteiger partial charge in [0.2, 0.25) is 0 Å². The molecule has 10 N–H and O–H groups in total. The molecule has 1 saturated heterocycles. The van der Waals surface area contributed by atoms with E-state index in [0.29, 0.717) is 34.6 Å². The lowest BCUT2D eigenvalue weighted by molar-refractivity contribution is 0.0534. The number of halogens is 3. The van der Waals surface area contributed by atoms with Crippen LogP contribution < -0.4 is 27.8 Å². The minimum Gasteiger partial charge on any atom is -0.457 e. The van der Waals surface area contributed by atoms with Crippen molar-refractivity contribution < 1.29 is 29.0 Å². The van der Waals surface area contributed by atoms with Crippen molar-refractivity contribution in [3.63, 3.8) is 0 Å². The van der Waals surface area contributed by atoms with Crippen LogP contribution in [0.25, 0.3) is 0 Å². The van der Waals surface area contributed by atoms with E-state index in [2.05, 4.69) is 34.3 Å². The maximum Gasteiger partial charge on any atom is 0.338 e. The summed E-state index contributed by atoms with van der Waals surface area (Å²) in [6, 6.07) is 21.7. The molecule has 2 aliphatic heterocycles. The Labute approximate surface area is 330 Å². The summed E-state index contributed by atoms with van der Waals surface area (Å²) in [4.78, 5) is 33.5. The Hall–Kier alpha value is -3.44. The van der Waals surface area contributed by atoms with Crippen molar-refractivity contribution in [1.82, 2.24) is 10.6 Å². The summed E-state index contributed by atoms with van der Waals surface area (Å²) in [5, 5.41) is 21.3. The molecule has 17 heteroatoms. The number of thioether (sulfide) groups is 1. The van der Waals surface area contributed by atoms with Crippen molar-refractivity contribution in [2.45, 2.75) is 39.2 Å². The molecular formula is C34H49BrCl2N6O6S2. The number of esters is 1. The second-order valence-corrected chi connectivity index (χ2v) is 11.6. The molecule has 2 amide bonds. The number of nitrogens with one attached hydrogen (secondary N) is 3. The van der Waals surface area contributed by atoms with Gasteiger partial charge in [0.25, 0.3) is 11.8 Å². The number of carbonyl (C=O) groups excluding carboxylic acids is 3. The van der Waals surface area contributed by atoms with E-state index in [1.54, 1.807) is 50.5 Å². The Kier molecular flexibility index (Phi) is 33.1. The molecule has 3 aromatic carbocycles. The van der Waals surface area contributed by atoms with Crippen LogP contribution in [0.2, 0.25) is 0 Å². The fourth-order valence-corrected chi connectivity index (χ4v) is 4.31. The number of amides is 2. The average Bonchev–Trinajstić information content (AvgIpc) is 3.82. The number of nitrogens with two attached hydrogens (primary N) is 3. The minimum atomic E-state index is -0.199. The highest BCUT2D eigenvalue weighted by atomic mass is 79.9. The van der Waals surface area contributed by atoms with Gasteiger partial charge in [0.05, 0.1) is 17.5 Å². The maximum absolute atomic E-state index is 11.5. The van der Waals surface area contributed by atoms with Crippen LogP contribution in [-0.4, -0.2) is 65.8 Å². The average molecular weight is 853 g/mol. The zero-order valence-corrected chi connectivity index (χ0v) is 32.6. The molecular weight excluding hydrogens is 803 g/mol. The first kappa shape index (κ1) is 51.9. The Bertz CT molecular complexity index is 1460. The number of fused-ring (bicyclic) bond motifs is 1. The van der Waals surface area contributed by atoms with Gasteiger partial charge >= 0.3 is 5.97 Å². The number of aliphatic hydroxyl groups excluding tert-OH is 1. The van der Waals surface area contributed by atoms with Gasteiger partial charge in [0, 0.05) is 49.8 Å². The molecule has 0 spiro atoms. The predicted molar refractivity (Wildman–Crippen MR) is 219 cm³/mol. The van der Waals surface area contributed by atoms with Gasteiger partial charge in [-0.05, 0) is 54.4 Å². The van der Waals surface area contributed by atoms with Gasteiger partial charge in [-0.15, -0.1) is 40.2 Å². The standard InChI is InChI=1S/C10H13N3OS.C9H11NO2.C8H6O2.C4H8O.CH2Cl2.CH4N2S.CH4.BrH/c1-13-9(14)8-5-3-2-4-7(8)6-15-10(11)12;1-10-9(12)8-5-3-2-4-7(8)6-11;9-8-7-4-2-1-3-6(7)5-10-8;1-2-4-5-3-1;2-1-3;2-1(3)4;;/h2-5H,6H2,1H3,(H3,11,12)(H,13,14);2-5,11H,6H2,1H3,(H,10,12);1-4H,5H2;1-4H2;1H2;(H4,2,3,4);1H4;1H. The molecule has 0 saturated carbocycles. The lowest BCUT2D eigenvalue weighted by Gasteiger charge is -2.06. The highest BCUT2D eigenvalue weighted by Gasteiger charge is 2.19. The SMILES string of the molecule is Br.C.C1CCOC1.CNC(=O)c1ccccc1CO.CNC(=O)c1ccccc1CSC(=N)N.ClCCl.NC(N)=S.O=C1OCc2ccccc21. The van der Waals surface area contributed by atoms with Crippen molar-refractivity contribution in [3.05, 3.63) is 106 Å². The Morgan fingerprint density at radius 2 is 1.31 bits per heavy atom. The number of cyclic esters (lactones) is 1. The fourth-order valence-electron chi connectivity index (χ4n) is 3.75. The summed E-state index contributed by atoms with van der Waals surface area (Å²) in [6.45, 7) is 2.33. The van der Waals surface area contributed by atoms with E-state index in [4.69, 9.17) is 48.9 Å². The number of amidine groups is 1. The molecule has 1 fully saturated rings. The number of aliphatic hydroxyl groups is 1. The van der Waals surface area contributed by atoms with Gasteiger partial charge in [-0.3, -0.25) is 15.0 Å². The van der Waals surface area contributed by atoms with E-state index in [9.17, 15) is 14.4 Å². The molecule has 0 bridgehead atoms. The van der Waals surface area contributed by atoms with Crippen LogP contribution in [0.5, 0.6) is 0 Å². The van der Waals surface area contributed by atoms with Crippen LogP contribution in [0, 0.1) is 5.41 Å². The highest BCUT2D eigenvalue weighted by molar-refractivity contribution is 8.93. The molecule has 12 nitrogen and oxygen atoms in total. The third kappa shape index (κ3) is 23.6. The van der Waals surface area contributed by atoms with Gasteiger partial charge in [-0.25, -0.2) is 4.79 Å². The molecule has 0 aliphatic carbocycles. The molecule has 0 aromatic heterocycles. The zero-order chi connectivity index (χ0) is 37.0. The predicted octanol–water partition coefficient (Wildman–Crippen LogP) is 5.69. The monoisotopic (exact) mass is 850 g/mol. The van der Waals surface area contributed by atoms with Gasteiger partial charge < -0.3 is 42.4 Å². The number of benzene rings is 3. The molecule has 3 aromatic rings. The van der Waals surface area contributed by atoms with Crippen molar-refractivity contribution in [1.29, 1.82) is 5.41 Å².